The largest absolute Gasteiger partial charge is 0.535 e. The number of rotatable bonds is 17. The fourth-order valence-electron chi connectivity index (χ4n) is 11.0. The standard InChI is InChI=1S/C23H19ClFN7O.C23H17ClFN7.C17H16FN5.C8H21NOSi2.C7H6ClNO2.2CH4/c1-13-11-15(9-10-27-13)20-21(14-5-7-16(25)8-6-14)29-23(26)30-22(20)32-31-19(33)12-17-3-2-4-18(24)28-17;1-13-11-15(9-10-27-13)20-21(14-5-7-16(25)8-6-14)30-23(26)32-22(20)29-19(31-32)12-17-3-2-4-18(24)28-17;1-10-8-12(6-7-21-10)15-14(9-19)22-17(20)23-16(15)11-2-4-13(18)5-3-11;1-8(9-11(2,3)4)10-12(5,6)7;8-6-3-1-2-5(9-6)4-7(10)11;;/h2-11H,12H2,1H3,(H,31,33)(H3,26,29,30,32);2-11H,12H2,1H3,(H2,26,30);2-8H,9,19H2,1H3,(H2,20,22,23);1-7H3;1-3H,4H2,(H,10,11);2*1H4. The number of benzene rings is 3. The van der Waals surface area contributed by atoms with Crippen LogP contribution in [0.4, 0.5) is 36.8 Å². The van der Waals surface area contributed by atoms with Crippen LogP contribution in [0.3, 0.4) is 0 Å². The Morgan fingerprint density at radius 3 is 1.37 bits per heavy atom. The number of aliphatic carboxylic acids is 1. The van der Waals surface area contributed by atoms with Crippen LogP contribution in [-0.2, 0) is 39.8 Å². The van der Waals surface area contributed by atoms with Crippen molar-refractivity contribution in [1.82, 2.24) is 74.8 Å². The highest BCUT2D eigenvalue weighted by Gasteiger charge is 2.24. The summed E-state index contributed by atoms with van der Waals surface area (Å²) in [4.78, 5) is 74.3. The predicted octanol–water partition coefficient (Wildman–Crippen LogP) is 16.9. The number of hydrogen-bond donors (Lipinski definition) is 7. The summed E-state index contributed by atoms with van der Waals surface area (Å²) in [5.74, 6) is -0.295. The minimum Gasteiger partial charge on any atom is -0.535 e. The summed E-state index contributed by atoms with van der Waals surface area (Å²) in [6, 6.07) is 44.7. The second kappa shape index (κ2) is 40.2. The van der Waals surface area contributed by atoms with E-state index in [2.05, 4.69) is 115 Å². The molecule has 0 radical (unpaired) electrons. The van der Waals surface area contributed by atoms with Gasteiger partial charge in [-0.15, -0.1) is 5.10 Å². The van der Waals surface area contributed by atoms with Crippen molar-refractivity contribution in [3.05, 3.63) is 261 Å². The minimum atomic E-state index is -1.43. The van der Waals surface area contributed by atoms with Crippen molar-refractivity contribution in [2.75, 3.05) is 22.6 Å². The van der Waals surface area contributed by atoms with E-state index in [0.717, 1.165) is 62.1 Å². The topological polar surface area (TPSA) is 376 Å². The first-order chi connectivity index (χ1) is 52.7. The van der Waals surface area contributed by atoms with Gasteiger partial charge in [0.25, 0.3) is 0 Å². The molecule has 0 saturated carbocycles. The van der Waals surface area contributed by atoms with Gasteiger partial charge in [-0.2, -0.15) is 9.50 Å². The van der Waals surface area contributed by atoms with E-state index < -0.39 is 22.5 Å². The molecule has 113 heavy (non-hydrogen) atoms. The van der Waals surface area contributed by atoms with Gasteiger partial charge in [0.2, 0.25) is 32.1 Å². The number of hydrazine groups is 1. The van der Waals surface area contributed by atoms with Crippen molar-refractivity contribution in [2.24, 2.45) is 10.4 Å². The number of anilines is 4. The number of hydrogen-bond acceptors (Lipinski definition) is 22. The van der Waals surface area contributed by atoms with Crippen molar-refractivity contribution >= 4 is 98.4 Å². The second-order valence-corrected chi connectivity index (χ2v) is 36.8. The lowest BCUT2D eigenvalue weighted by Gasteiger charge is -2.21. The number of aromatic nitrogens is 14. The van der Waals surface area contributed by atoms with Gasteiger partial charge >= 0.3 is 5.97 Å². The molecule has 586 valence electrons. The van der Waals surface area contributed by atoms with E-state index in [1.165, 1.54) is 40.9 Å². The third-order valence-corrected chi connectivity index (χ3v) is 17.7. The Morgan fingerprint density at radius 1 is 0.522 bits per heavy atom. The number of carbonyl (C=O) groups is 2. The number of aryl methyl sites for hydroxylation is 3. The molecule has 1 amide bonds. The lowest BCUT2D eigenvalue weighted by molar-refractivity contribution is -0.136. The van der Waals surface area contributed by atoms with Crippen LogP contribution in [0.1, 0.15) is 67.5 Å². The normalized spacial score (nSPS) is 11.0. The molecule has 0 saturated heterocycles. The SMILES string of the molecule is C.C.CC(=N[Si](C)(C)C)O[Si](C)(C)C.Cc1cc(-c2c(-c3ccc(F)cc3)nc(N)n3nc(Cc4cccc(Cl)n4)nc23)ccn1.Cc1cc(-c2c(CN)nc(N)nc2-c2ccc(F)cc2)ccn1.Cc1cc(-c2c(NNC(=O)Cc3cccc(Cl)n3)nc(N)nc2-c2ccc(F)cc2)ccn1.O=C(O)Cc1cccc(Cl)n1. The van der Waals surface area contributed by atoms with Crippen LogP contribution < -0.4 is 33.8 Å². The van der Waals surface area contributed by atoms with Crippen LogP contribution in [0.25, 0.3) is 72.8 Å². The average Bonchev–Trinajstić information content (AvgIpc) is 1.66. The summed E-state index contributed by atoms with van der Waals surface area (Å²) < 4.78 is 52.1. The smallest absolute Gasteiger partial charge is 0.309 e. The first-order valence-corrected chi connectivity index (χ1v) is 42.2. The number of carbonyl (C=O) groups excluding carboxylic acids is 1. The molecule has 0 fully saturated rings. The highest BCUT2D eigenvalue weighted by Crippen LogP contribution is 2.39. The van der Waals surface area contributed by atoms with Gasteiger partial charge in [-0.05, 0) is 222 Å². The number of halogens is 6. The summed E-state index contributed by atoms with van der Waals surface area (Å²) in [6.45, 7) is 21.0. The van der Waals surface area contributed by atoms with Crippen LogP contribution in [0.2, 0.25) is 54.7 Å². The maximum atomic E-state index is 13.6. The van der Waals surface area contributed by atoms with Crippen LogP contribution in [0.5, 0.6) is 0 Å². The molecule has 0 atom stereocenters. The summed E-state index contributed by atoms with van der Waals surface area (Å²) in [5.41, 5.74) is 43.1. The quantitative estimate of drug-likeness (QED) is 0.0146. The second-order valence-electron chi connectivity index (χ2n) is 26.6. The maximum Gasteiger partial charge on any atom is 0.309 e. The number of fused-ring (bicyclic) bond motifs is 1. The predicted molar refractivity (Wildman–Crippen MR) is 448 cm³/mol. The Morgan fingerprint density at radius 2 is 0.938 bits per heavy atom. The first kappa shape index (κ1) is 88.2. The number of pyridine rings is 6. The molecule has 10 aromatic heterocycles. The third-order valence-electron chi connectivity index (χ3n) is 15.2. The molecule has 0 aliphatic heterocycles. The molecular weight excluding hydrogens is 1540 g/mol. The molecule has 11 N–H and O–H groups in total. The zero-order valence-corrected chi connectivity index (χ0v) is 66.4. The molecular formula is C80H87Cl3F3N21O4Si2. The van der Waals surface area contributed by atoms with Crippen molar-refractivity contribution in [1.29, 1.82) is 0 Å². The van der Waals surface area contributed by atoms with Gasteiger partial charge in [0.15, 0.2) is 31.4 Å². The van der Waals surface area contributed by atoms with Gasteiger partial charge in [0, 0.05) is 77.1 Å². The Hall–Kier alpha value is -12.1. The number of nitrogen functional groups attached to an aromatic ring is 3. The lowest BCUT2D eigenvalue weighted by atomic mass is 9.97. The van der Waals surface area contributed by atoms with E-state index in [0.29, 0.717) is 84.2 Å². The van der Waals surface area contributed by atoms with E-state index in [1.807, 2.05) is 70.2 Å². The Balaban J connectivity index is 0.000000207. The number of nitrogens with zero attached hydrogens (tertiary/aromatic N) is 15. The van der Waals surface area contributed by atoms with E-state index in [-0.39, 0.29) is 81.3 Å². The minimum absolute atomic E-state index is 0. The summed E-state index contributed by atoms with van der Waals surface area (Å²) >= 11 is 17.4. The van der Waals surface area contributed by atoms with Gasteiger partial charge in [0.1, 0.15) is 32.9 Å². The summed E-state index contributed by atoms with van der Waals surface area (Å²) in [7, 11) is -2.76. The zero-order valence-electron chi connectivity index (χ0n) is 62.1. The van der Waals surface area contributed by atoms with E-state index in [1.54, 1.807) is 104 Å². The van der Waals surface area contributed by atoms with Crippen molar-refractivity contribution < 1.29 is 32.3 Å². The molecule has 0 unspecified atom stereocenters. The molecule has 0 aliphatic rings. The molecule has 3 aromatic carbocycles. The van der Waals surface area contributed by atoms with Crippen LogP contribution in [-0.4, -0.2) is 109 Å². The van der Waals surface area contributed by atoms with E-state index >= 15 is 0 Å². The Kier molecular flexibility index (Phi) is 31.4. The third kappa shape index (κ3) is 26.3. The van der Waals surface area contributed by atoms with Crippen LogP contribution in [0.15, 0.2) is 187 Å². The number of nitrogens with one attached hydrogen (secondary N) is 2. The number of nitrogens with two attached hydrogens (primary N) is 4. The van der Waals surface area contributed by atoms with Gasteiger partial charge in [-0.1, -0.05) is 67.9 Å². The molecule has 0 spiro atoms. The number of carboxylic acid groups (broad SMARTS) is 1. The van der Waals surface area contributed by atoms with E-state index in [9.17, 15) is 22.8 Å². The summed E-state index contributed by atoms with van der Waals surface area (Å²) in [6.07, 6.45) is 5.39. The number of carboxylic acids is 1. The molecule has 25 nitrogen and oxygen atoms in total. The molecule has 13 rings (SSSR count). The molecule has 13 aromatic rings. The van der Waals surface area contributed by atoms with Gasteiger partial charge in [0.05, 0.1) is 64.6 Å². The van der Waals surface area contributed by atoms with Crippen LogP contribution >= 0.6 is 34.8 Å². The van der Waals surface area contributed by atoms with Crippen LogP contribution in [0, 0.1) is 38.2 Å². The fraction of sp³-hybridized carbons (Fsp3) is 0.200. The molecule has 33 heteroatoms. The van der Waals surface area contributed by atoms with Crippen molar-refractivity contribution in [2.45, 2.75) is 108 Å². The molecule has 10 heterocycles. The number of amides is 1. The molecule has 0 bridgehead atoms. The molecule has 0 aliphatic carbocycles. The summed E-state index contributed by atoms with van der Waals surface area (Å²) in [5, 5.41) is 14.0. The van der Waals surface area contributed by atoms with Gasteiger partial charge in [-0.25, -0.2) is 53.0 Å². The Labute approximate surface area is 670 Å². The lowest BCUT2D eigenvalue weighted by Crippen LogP contribution is -2.32. The van der Waals surface area contributed by atoms with E-state index in [4.69, 9.17) is 72.3 Å². The fourth-order valence-corrected chi connectivity index (χ4v) is 13.5. The highest BCUT2D eigenvalue weighted by molar-refractivity contribution is 6.76. The monoisotopic (exact) mass is 1620 g/mol. The van der Waals surface area contributed by atoms with Gasteiger partial charge < -0.3 is 32.5 Å². The van der Waals surface area contributed by atoms with Crippen molar-refractivity contribution in [3.8, 4) is 67.2 Å². The zero-order chi connectivity index (χ0) is 80.3. The Bertz CT molecular complexity index is 5470. The highest BCUT2D eigenvalue weighted by atomic mass is 35.5. The van der Waals surface area contributed by atoms with Crippen molar-refractivity contribution in [3.63, 3.8) is 0 Å². The maximum absolute atomic E-state index is 13.6. The average molecular weight is 1630 g/mol. The van der Waals surface area contributed by atoms with Gasteiger partial charge in [-0.3, -0.25) is 40.1 Å². The first-order valence-electron chi connectivity index (χ1n) is 34.3.